The van der Waals surface area contributed by atoms with Crippen LogP contribution in [0.5, 0.6) is 0 Å². The first-order chi connectivity index (χ1) is 30.7. The predicted octanol–water partition coefficient (Wildman–Crippen LogP) is 18.9. The maximum absolute atomic E-state index is 2.74. The van der Waals surface area contributed by atoms with Gasteiger partial charge in [0, 0.05) is 34.7 Å². The Morgan fingerprint density at radius 3 is 1.24 bits per heavy atom. The zero-order valence-corrected chi connectivity index (χ0v) is 41.1. The van der Waals surface area contributed by atoms with Gasteiger partial charge >= 0.3 is 0 Å². The smallest absolute Gasteiger partial charge is 0.0411 e. The maximum atomic E-state index is 2.74. The molecule has 0 heterocycles. The summed E-state index contributed by atoms with van der Waals surface area (Å²) in [6.45, 7) is 16.7. The average molecular weight is 842 g/mol. The Bertz CT molecular complexity index is 2220. The van der Waals surface area contributed by atoms with Gasteiger partial charge in [0.1, 0.15) is 0 Å². The Labute approximate surface area is 385 Å². The van der Waals surface area contributed by atoms with Crippen LogP contribution in [0.15, 0.2) is 103 Å². The van der Waals surface area contributed by atoms with Crippen LogP contribution in [0.25, 0.3) is 22.3 Å². The van der Waals surface area contributed by atoms with Crippen molar-refractivity contribution in [1.29, 1.82) is 0 Å². The second-order valence-corrected chi connectivity index (χ2v) is 20.3. The first-order valence-corrected chi connectivity index (χ1v) is 26.1. The molecule has 5 aromatic rings. The lowest BCUT2D eigenvalue weighted by Gasteiger charge is -2.37. The predicted molar refractivity (Wildman–Crippen MR) is 276 cm³/mol. The number of para-hydroxylation sites is 1. The summed E-state index contributed by atoms with van der Waals surface area (Å²) in [6.07, 6.45) is 26.9. The van der Waals surface area contributed by atoms with Crippen molar-refractivity contribution in [1.82, 2.24) is 0 Å². The quantitative estimate of drug-likeness (QED) is 0.0529. The molecule has 7 rings (SSSR count). The molecule has 0 fully saturated rings. The molecule has 5 aromatic carbocycles. The van der Waals surface area contributed by atoms with Crippen LogP contribution in [-0.2, 0) is 16.2 Å². The summed E-state index contributed by atoms with van der Waals surface area (Å²) in [6, 6.07) is 41.4. The summed E-state index contributed by atoms with van der Waals surface area (Å²) in [5.74, 6) is 0. The fraction of sp³-hybridized carbons (Fsp3) is 0.516. The highest BCUT2D eigenvalue weighted by atomic mass is 15.1. The van der Waals surface area contributed by atoms with Crippen molar-refractivity contribution in [2.45, 2.75) is 200 Å². The Morgan fingerprint density at radius 2 is 0.810 bits per heavy atom. The van der Waals surface area contributed by atoms with Crippen LogP contribution in [0.4, 0.5) is 11.4 Å². The molecule has 1 atom stereocenters. The molecule has 63 heavy (non-hydrogen) atoms. The zero-order chi connectivity index (χ0) is 44.5. The molecule has 0 N–H and O–H groups in total. The number of hydrogen-bond acceptors (Lipinski definition) is 1. The molecular weight excluding hydrogens is 759 g/mol. The monoisotopic (exact) mass is 842 g/mol. The summed E-state index contributed by atoms with van der Waals surface area (Å²) in [7, 11) is 2.25. The topological polar surface area (TPSA) is 3.24 Å². The van der Waals surface area contributed by atoms with Gasteiger partial charge in [-0.15, -0.1) is 0 Å². The largest absolute Gasteiger partial charge is 0.345 e. The molecule has 0 amide bonds. The molecule has 2 aliphatic rings. The van der Waals surface area contributed by atoms with Gasteiger partial charge in [-0.3, -0.25) is 0 Å². The number of rotatable bonds is 25. The third kappa shape index (κ3) is 9.38. The SMILES string of the molecule is CCCCCCC1(CCCCCC)c2cc(C)ccc2-c2ccc(C(C)(CC)c3ccc4c(c3)C(CCCCCC)(CCCCCC)c3cc(N(C)c5ccccc5)ccc3-4)cc21. The van der Waals surface area contributed by atoms with E-state index in [-0.39, 0.29) is 16.2 Å². The number of fused-ring (bicyclic) bond motifs is 6. The lowest BCUT2D eigenvalue weighted by Crippen LogP contribution is -2.29. The lowest BCUT2D eigenvalue weighted by atomic mass is 9.66. The van der Waals surface area contributed by atoms with Crippen LogP contribution < -0.4 is 4.90 Å². The van der Waals surface area contributed by atoms with Crippen molar-refractivity contribution in [3.63, 3.8) is 0 Å². The van der Waals surface area contributed by atoms with Crippen molar-refractivity contribution < 1.29 is 0 Å². The molecular formula is C62H83N. The van der Waals surface area contributed by atoms with Gasteiger partial charge in [0.05, 0.1) is 0 Å². The fourth-order valence-corrected chi connectivity index (χ4v) is 12.1. The highest BCUT2D eigenvalue weighted by Crippen LogP contribution is 2.58. The van der Waals surface area contributed by atoms with Crippen LogP contribution >= 0.6 is 0 Å². The van der Waals surface area contributed by atoms with Gasteiger partial charge in [-0.05, 0) is 119 Å². The minimum absolute atomic E-state index is 0.00786. The van der Waals surface area contributed by atoms with Crippen LogP contribution in [-0.4, -0.2) is 7.05 Å². The van der Waals surface area contributed by atoms with E-state index in [1.807, 2.05) is 0 Å². The molecule has 1 unspecified atom stereocenters. The molecule has 0 spiro atoms. The number of anilines is 2. The van der Waals surface area contributed by atoms with Crippen LogP contribution in [0.3, 0.4) is 0 Å². The number of nitrogens with zero attached hydrogens (tertiary/aromatic N) is 1. The summed E-state index contributed by atoms with van der Waals surface area (Å²) < 4.78 is 0. The van der Waals surface area contributed by atoms with Crippen LogP contribution in [0.2, 0.25) is 0 Å². The average Bonchev–Trinajstić information content (AvgIpc) is 3.74. The Hall–Kier alpha value is -4.10. The van der Waals surface area contributed by atoms with Crippen LogP contribution in [0.1, 0.15) is 215 Å². The summed E-state index contributed by atoms with van der Waals surface area (Å²) in [5.41, 5.74) is 19.2. The van der Waals surface area contributed by atoms with Crippen molar-refractivity contribution in [3.8, 4) is 22.3 Å². The molecule has 0 saturated heterocycles. The standard InChI is InChI=1S/C62H83N/c1-9-14-18-25-39-61(40-26-19-15-10-2)56-43-47(6)31-35-52(56)53-36-32-48(44-57(53)61)60(7,13-5)49-33-37-54-55-38-34-51(63(8)50-29-23-22-24-30-50)46-59(55)62(58(54)45-49,41-27-20-16-11-3)42-28-21-17-12-4/h22-24,29-38,43-46H,9-21,25-28,39-42H2,1-8H3. The van der Waals surface area contributed by atoms with E-state index >= 15 is 0 Å². The van der Waals surface area contributed by atoms with E-state index in [9.17, 15) is 0 Å². The molecule has 1 heteroatoms. The number of unbranched alkanes of at least 4 members (excludes halogenated alkanes) is 12. The molecule has 0 aromatic heterocycles. The van der Waals surface area contributed by atoms with Gasteiger partial charge in [0.2, 0.25) is 0 Å². The number of benzene rings is 5. The summed E-state index contributed by atoms with van der Waals surface area (Å²) in [4.78, 5) is 2.39. The van der Waals surface area contributed by atoms with Gasteiger partial charge in [-0.25, -0.2) is 0 Å². The lowest BCUT2D eigenvalue weighted by molar-refractivity contribution is 0.399. The van der Waals surface area contributed by atoms with E-state index in [1.54, 1.807) is 22.3 Å². The first kappa shape index (κ1) is 46.9. The summed E-state index contributed by atoms with van der Waals surface area (Å²) in [5, 5.41) is 0. The highest BCUT2D eigenvalue weighted by Gasteiger charge is 2.46. The van der Waals surface area contributed by atoms with Crippen molar-refractivity contribution in [2.75, 3.05) is 11.9 Å². The van der Waals surface area contributed by atoms with Crippen molar-refractivity contribution in [3.05, 3.63) is 142 Å². The first-order valence-electron chi connectivity index (χ1n) is 26.1. The van der Waals surface area contributed by atoms with Gasteiger partial charge in [-0.2, -0.15) is 0 Å². The minimum atomic E-state index is -0.117. The Kier molecular flexibility index (Phi) is 15.8. The van der Waals surface area contributed by atoms with Crippen LogP contribution in [0, 0.1) is 6.92 Å². The van der Waals surface area contributed by atoms with Gasteiger partial charge in [-0.1, -0.05) is 229 Å². The van der Waals surface area contributed by atoms with E-state index < -0.39 is 0 Å². The second-order valence-electron chi connectivity index (χ2n) is 20.3. The second kappa shape index (κ2) is 21.3. The van der Waals surface area contributed by atoms with Gasteiger partial charge < -0.3 is 4.90 Å². The molecule has 0 radical (unpaired) electrons. The normalized spacial score (nSPS) is 15.1. The van der Waals surface area contributed by atoms with E-state index in [4.69, 9.17) is 0 Å². The summed E-state index contributed by atoms with van der Waals surface area (Å²) >= 11 is 0. The molecule has 336 valence electrons. The van der Waals surface area contributed by atoms with Crippen molar-refractivity contribution >= 4 is 11.4 Å². The van der Waals surface area contributed by atoms with Crippen molar-refractivity contribution in [2.24, 2.45) is 0 Å². The van der Waals surface area contributed by atoms with E-state index in [0.29, 0.717) is 0 Å². The van der Waals surface area contributed by atoms with E-state index in [0.717, 1.165) is 6.42 Å². The molecule has 0 bridgehead atoms. The molecule has 2 aliphatic carbocycles. The fourth-order valence-electron chi connectivity index (χ4n) is 12.1. The molecule has 0 aliphatic heterocycles. The zero-order valence-electron chi connectivity index (χ0n) is 41.1. The van der Waals surface area contributed by atoms with E-state index in [2.05, 4.69) is 164 Å². The van der Waals surface area contributed by atoms with E-state index in [1.165, 1.54) is 179 Å². The Morgan fingerprint density at radius 1 is 0.413 bits per heavy atom. The minimum Gasteiger partial charge on any atom is -0.345 e. The Balaban J connectivity index is 1.36. The number of hydrogen-bond donors (Lipinski definition) is 0. The molecule has 0 saturated carbocycles. The van der Waals surface area contributed by atoms with Gasteiger partial charge in [0.15, 0.2) is 0 Å². The third-order valence-electron chi connectivity index (χ3n) is 16.2. The number of aryl methyl sites for hydroxylation is 1. The van der Waals surface area contributed by atoms with Gasteiger partial charge in [0.25, 0.3) is 0 Å². The molecule has 1 nitrogen and oxygen atoms in total. The third-order valence-corrected chi connectivity index (χ3v) is 16.2. The highest BCUT2D eigenvalue weighted by molar-refractivity contribution is 5.85. The maximum Gasteiger partial charge on any atom is 0.0411 e.